The lowest BCUT2D eigenvalue weighted by Gasteiger charge is -2.08. The number of carbonyl (C=O) groups excluding carboxylic acids is 1. The van der Waals surface area contributed by atoms with Crippen LogP contribution in [0.5, 0.6) is 0 Å². The summed E-state index contributed by atoms with van der Waals surface area (Å²) in [6.45, 7) is 0. The maximum absolute atomic E-state index is 12.2. The normalized spacial score (nSPS) is 10.7. The van der Waals surface area contributed by atoms with Gasteiger partial charge in [0, 0.05) is 17.1 Å². The molecule has 0 saturated heterocycles. The molecule has 1 aromatic heterocycles. The summed E-state index contributed by atoms with van der Waals surface area (Å²) in [6.07, 6.45) is 0. The van der Waals surface area contributed by atoms with Crippen molar-refractivity contribution in [1.82, 2.24) is 4.98 Å². The lowest BCUT2D eigenvalue weighted by molar-refractivity contribution is -0.113. The van der Waals surface area contributed by atoms with E-state index in [4.69, 9.17) is 0 Å². The maximum atomic E-state index is 12.2. The molecule has 0 spiro atoms. The lowest BCUT2D eigenvalue weighted by Crippen LogP contribution is -2.13. The standard InChI is InChI=1S/C21H17N3OS2/c25-20(14-26-21-24-18-8-4-5-9-19(18)27-21)23-17-12-10-16(11-13-17)22-15-6-2-1-3-7-15/h1-13,22H,14H2,(H,23,25). The average molecular weight is 392 g/mol. The number of benzene rings is 3. The first-order valence-electron chi connectivity index (χ1n) is 8.47. The Hall–Kier alpha value is -2.83. The fourth-order valence-electron chi connectivity index (χ4n) is 2.56. The molecule has 0 aliphatic rings. The van der Waals surface area contributed by atoms with E-state index in [1.165, 1.54) is 11.8 Å². The van der Waals surface area contributed by atoms with E-state index in [-0.39, 0.29) is 5.91 Å². The Morgan fingerprint density at radius 1 is 0.852 bits per heavy atom. The fourth-order valence-corrected chi connectivity index (χ4v) is 4.43. The molecule has 4 nitrogen and oxygen atoms in total. The van der Waals surface area contributed by atoms with Crippen molar-refractivity contribution in [2.24, 2.45) is 0 Å². The van der Waals surface area contributed by atoms with Crippen LogP contribution in [-0.2, 0) is 4.79 Å². The first kappa shape index (κ1) is 17.6. The lowest BCUT2D eigenvalue weighted by atomic mass is 10.2. The Morgan fingerprint density at radius 2 is 1.52 bits per heavy atom. The van der Waals surface area contributed by atoms with Crippen molar-refractivity contribution in [2.75, 3.05) is 16.4 Å². The molecule has 0 unspecified atom stereocenters. The van der Waals surface area contributed by atoms with Crippen LogP contribution < -0.4 is 10.6 Å². The highest BCUT2D eigenvalue weighted by Crippen LogP contribution is 2.29. The number of nitrogens with one attached hydrogen (secondary N) is 2. The van der Waals surface area contributed by atoms with E-state index in [1.807, 2.05) is 78.9 Å². The van der Waals surface area contributed by atoms with Crippen LogP contribution in [0.1, 0.15) is 0 Å². The number of carbonyl (C=O) groups is 1. The van der Waals surface area contributed by atoms with Crippen molar-refractivity contribution in [2.45, 2.75) is 4.34 Å². The summed E-state index contributed by atoms with van der Waals surface area (Å²) in [6, 6.07) is 25.7. The predicted molar refractivity (Wildman–Crippen MR) is 115 cm³/mol. The quantitative estimate of drug-likeness (QED) is 0.410. The Labute approximate surface area is 165 Å². The second-order valence-electron chi connectivity index (χ2n) is 5.85. The molecule has 1 amide bonds. The van der Waals surface area contributed by atoms with Crippen molar-refractivity contribution in [3.8, 4) is 0 Å². The van der Waals surface area contributed by atoms with Gasteiger partial charge in [0.25, 0.3) is 0 Å². The highest BCUT2D eigenvalue weighted by molar-refractivity contribution is 8.01. The SMILES string of the molecule is O=C(CSc1nc2ccccc2s1)Nc1ccc(Nc2ccccc2)cc1. The van der Waals surface area contributed by atoms with Gasteiger partial charge in [0.15, 0.2) is 4.34 Å². The zero-order chi connectivity index (χ0) is 18.5. The van der Waals surface area contributed by atoms with Crippen molar-refractivity contribution in [3.63, 3.8) is 0 Å². The molecule has 0 fully saturated rings. The molecule has 134 valence electrons. The summed E-state index contributed by atoms with van der Waals surface area (Å²) in [7, 11) is 0. The van der Waals surface area contributed by atoms with E-state index in [2.05, 4.69) is 15.6 Å². The minimum Gasteiger partial charge on any atom is -0.356 e. The molecule has 4 aromatic rings. The number of nitrogens with zero attached hydrogens (tertiary/aromatic N) is 1. The van der Waals surface area contributed by atoms with Gasteiger partial charge in [-0.25, -0.2) is 4.98 Å². The van der Waals surface area contributed by atoms with Crippen molar-refractivity contribution in [3.05, 3.63) is 78.9 Å². The minimum atomic E-state index is -0.0389. The Morgan fingerprint density at radius 3 is 2.30 bits per heavy atom. The van der Waals surface area contributed by atoms with Gasteiger partial charge in [0.1, 0.15) is 0 Å². The van der Waals surface area contributed by atoms with Crippen LogP contribution in [0, 0.1) is 0 Å². The van der Waals surface area contributed by atoms with E-state index >= 15 is 0 Å². The van der Waals surface area contributed by atoms with Crippen LogP contribution in [-0.4, -0.2) is 16.6 Å². The molecular formula is C21H17N3OS2. The van der Waals surface area contributed by atoms with Crippen molar-refractivity contribution in [1.29, 1.82) is 0 Å². The monoisotopic (exact) mass is 391 g/mol. The van der Waals surface area contributed by atoms with E-state index in [1.54, 1.807) is 11.3 Å². The van der Waals surface area contributed by atoms with E-state index in [9.17, 15) is 4.79 Å². The first-order chi connectivity index (χ1) is 13.3. The number of thiazole rings is 1. The number of rotatable bonds is 6. The maximum Gasteiger partial charge on any atom is 0.234 e. The largest absolute Gasteiger partial charge is 0.356 e. The first-order valence-corrected chi connectivity index (χ1v) is 10.3. The number of para-hydroxylation sites is 2. The molecule has 0 bridgehead atoms. The van der Waals surface area contributed by atoms with Gasteiger partial charge < -0.3 is 10.6 Å². The van der Waals surface area contributed by atoms with Crippen LogP contribution in [0.25, 0.3) is 10.2 Å². The summed E-state index contributed by atoms with van der Waals surface area (Å²) < 4.78 is 2.05. The van der Waals surface area contributed by atoms with Gasteiger partial charge >= 0.3 is 0 Å². The van der Waals surface area contributed by atoms with Gasteiger partial charge in [0.2, 0.25) is 5.91 Å². The smallest absolute Gasteiger partial charge is 0.234 e. The molecular weight excluding hydrogens is 374 g/mol. The Kier molecular flexibility index (Phi) is 5.37. The third-order valence-corrected chi connectivity index (χ3v) is 6.01. The minimum absolute atomic E-state index is 0.0389. The zero-order valence-electron chi connectivity index (χ0n) is 14.4. The van der Waals surface area contributed by atoms with Gasteiger partial charge in [-0.2, -0.15) is 0 Å². The molecule has 0 radical (unpaired) electrons. The Bertz CT molecular complexity index is 1010. The van der Waals surface area contributed by atoms with Gasteiger partial charge in [-0.15, -0.1) is 11.3 Å². The number of aromatic nitrogens is 1. The van der Waals surface area contributed by atoms with Crippen molar-refractivity contribution >= 4 is 56.3 Å². The summed E-state index contributed by atoms with van der Waals surface area (Å²) in [5.41, 5.74) is 3.76. The van der Waals surface area contributed by atoms with Crippen LogP contribution in [0.3, 0.4) is 0 Å². The number of hydrogen-bond acceptors (Lipinski definition) is 5. The molecule has 0 aliphatic heterocycles. The number of amides is 1. The number of fused-ring (bicyclic) bond motifs is 1. The topological polar surface area (TPSA) is 54.0 Å². The van der Waals surface area contributed by atoms with E-state index in [0.717, 1.165) is 31.6 Å². The summed E-state index contributed by atoms with van der Waals surface area (Å²) in [5, 5.41) is 6.25. The van der Waals surface area contributed by atoms with E-state index < -0.39 is 0 Å². The fraction of sp³-hybridized carbons (Fsp3) is 0.0476. The predicted octanol–water partition coefficient (Wildman–Crippen LogP) is 5.77. The molecule has 6 heteroatoms. The van der Waals surface area contributed by atoms with Crippen molar-refractivity contribution < 1.29 is 4.79 Å². The number of thioether (sulfide) groups is 1. The Balaban J connectivity index is 1.31. The highest BCUT2D eigenvalue weighted by atomic mass is 32.2. The van der Waals surface area contributed by atoms with Crippen LogP contribution in [0.2, 0.25) is 0 Å². The molecule has 27 heavy (non-hydrogen) atoms. The van der Waals surface area contributed by atoms with Crippen LogP contribution >= 0.6 is 23.1 Å². The highest BCUT2D eigenvalue weighted by Gasteiger charge is 2.08. The summed E-state index contributed by atoms with van der Waals surface area (Å²) in [4.78, 5) is 16.7. The second kappa shape index (κ2) is 8.24. The third kappa shape index (κ3) is 4.67. The van der Waals surface area contributed by atoms with Gasteiger partial charge in [0.05, 0.1) is 16.0 Å². The van der Waals surface area contributed by atoms with Gasteiger partial charge in [-0.05, 0) is 48.5 Å². The second-order valence-corrected chi connectivity index (χ2v) is 8.11. The molecule has 2 N–H and O–H groups in total. The zero-order valence-corrected chi connectivity index (χ0v) is 16.0. The molecule has 0 atom stereocenters. The summed E-state index contributed by atoms with van der Waals surface area (Å²) >= 11 is 3.07. The summed E-state index contributed by atoms with van der Waals surface area (Å²) in [5.74, 6) is 0.298. The average Bonchev–Trinajstić information content (AvgIpc) is 3.12. The number of hydrogen-bond donors (Lipinski definition) is 2. The molecule has 0 aliphatic carbocycles. The number of anilines is 3. The van der Waals surface area contributed by atoms with Gasteiger partial charge in [-0.3, -0.25) is 4.79 Å². The van der Waals surface area contributed by atoms with Crippen LogP contribution in [0.15, 0.2) is 83.2 Å². The molecule has 1 heterocycles. The van der Waals surface area contributed by atoms with E-state index in [0.29, 0.717) is 5.75 Å². The van der Waals surface area contributed by atoms with Crippen LogP contribution in [0.4, 0.5) is 17.1 Å². The molecule has 4 rings (SSSR count). The molecule has 0 saturated carbocycles. The van der Waals surface area contributed by atoms with Gasteiger partial charge in [-0.1, -0.05) is 42.1 Å². The third-order valence-electron chi connectivity index (χ3n) is 3.83. The molecule has 3 aromatic carbocycles.